The fourth-order valence-corrected chi connectivity index (χ4v) is 10.2. The van der Waals surface area contributed by atoms with Crippen LogP contribution in [0.4, 0.5) is 5.69 Å². The molecule has 2 aromatic rings. The smallest absolute Gasteiger partial charge is 0.311 e. The van der Waals surface area contributed by atoms with Gasteiger partial charge in [0.05, 0.1) is 49.5 Å². The molecule has 2 N–H and O–H groups in total. The summed E-state index contributed by atoms with van der Waals surface area (Å²) in [5.74, 6) is -4.98. The molecule has 0 aromatic heterocycles. The van der Waals surface area contributed by atoms with Crippen LogP contribution < -0.4 is 5.32 Å². The maximum atomic E-state index is 14.6. The largest absolute Gasteiger partial charge is 0.458 e. The number of nitrogens with zero attached hydrogens (tertiary/aromatic N) is 2. The molecule has 2 bridgehead atoms. The van der Waals surface area contributed by atoms with Crippen LogP contribution in [-0.4, -0.2) is 127 Å². The van der Waals surface area contributed by atoms with Crippen molar-refractivity contribution in [1.82, 2.24) is 4.90 Å². The maximum Gasteiger partial charge on any atom is 0.311 e. The average Bonchev–Trinajstić information content (AvgIpc) is 3.58. The number of ether oxygens (including phenoxy) is 6. The Bertz CT molecular complexity index is 1950. The van der Waals surface area contributed by atoms with Gasteiger partial charge in [0.2, 0.25) is 0 Å². The molecule has 0 radical (unpaired) electrons. The number of anilines is 1. The van der Waals surface area contributed by atoms with E-state index in [2.05, 4.69) is 10.5 Å². The molecule has 4 heterocycles. The van der Waals surface area contributed by atoms with E-state index < -0.39 is 96.0 Å². The summed E-state index contributed by atoms with van der Waals surface area (Å²) in [5.41, 5.74) is 0.395. The SMILES string of the molecule is CC[C@H]1OC(=O)[C@H](C)[C@H]2OC/C(=N/OCC(=O)Nc3ccc(-c4ccccc4)cc3)CO[C@](C)(C[C@@H](C)C(=O)[C@H](C)[C@@H]3CC(=O)O[C@]13C)[C@H](O[C@@H]1O[C@H](C)C[C@H](N(C)C)[C@H]1O)[C@H]2C. The summed E-state index contributed by atoms with van der Waals surface area (Å²) in [7, 11) is 3.78. The average molecular weight is 878 g/mol. The van der Waals surface area contributed by atoms with Gasteiger partial charge in [-0.2, -0.15) is 0 Å². The molecule has 15 nitrogen and oxygen atoms in total. The van der Waals surface area contributed by atoms with Gasteiger partial charge in [0.15, 0.2) is 12.9 Å². The van der Waals surface area contributed by atoms with Gasteiger partial charge in [-0.15, -0.1) is 0 Å². The molecular formula is C48H67N3O12. The molecule has 0 unspecified atom stereocenters. The standard InChI is InChI=1S/C48H67N3O12/c1-11-38-48(8)36(22-40(53)63-48)29(4)41(54)27(2)23-47(7)44(62-46-42(55)37(51(9)10)21-28(3)60-46)30(5)43(31(6)45(56)61-38)57-24-35(25-58-47)50-59-26-39(52)49-34-19-17-33(18-20-34)32-15-13-12-14-16-32/h12-20,27-31,36-38,42-44,46,55H,11,21-26H2,1-10H3,(H,49,52)/b50-35-/t27-,28-,29-,30+,31-,36+,37+,38-,42-,43+,44-,46+,47-,48+/m1/s1. The topological polar surface area (TPSA) is 181 Å². The zero-order valence-corrected chi connectivity index (χ0v) is 38.4. The number of rotatable bonds is 9. The number of cyclic esters (lactones) is 1. The molecular weight excluding hydrogens is 811 g/mol. The Morgan fingerprint density at radius 3 is 2.30 bits per heavy atom. The van der Waals surface area contributed by atoms with Crippen LogP contribution in [0.15, 0.2) is 59.8 Å². The lowest BCUT2D eigenvalue weighted by atomic mass is 9.70. The number of nitrogens with one attached hydrogen (secondary N) is 1. The first kappa shape index (κ1) is 48.2. The van der Waals surface area contributed by atoms with E-state index in [1.54, 1.807) is 20.8 Å². The van der Waals surface area contributed by atoms with Crippen molar-refractivity contribution < 1.29 is 57.5 Å². The van der Waals surface area contributed by atoms with Gasteiger partial charge in [-0.3, -0.25) is 19.2 Å². The summed E-state index contributed by atoms with van der Waals surface area (Å²) >= 11 is 0. The highest BCUT2D eigenvalue weighted by molar-refractivity contribution is 5.92. The number of hydrogen-bond donors (Lipinski definition) is 2. The van der Waals surface area contributed by atoms with Crippen molar-refractivity contribution in [2.24, 2.45) is 34.7 Å². The molecule has 63 heavy (non-hydrogen) atoms. The van der Waals surface area contributed by atoms with Crippen LogP contribution in [0.3, 0.4) is 0 Å². The van der Waals surface area contributed by atoms with Crippen molar-refractivity contribution in [3.8, 4) is 11.1 Å². The lowest BCUT2D eigenvalue weighted by molar-refractivity contribution is -0.302. The quantitative estimate of drug-likeness (QED) is 0.228. The first-order valence-corrected chi connectivity index (χ1v) is 22.3. The lowest BCUT2D eigenvalue weighted by Gasteiger charge is -2.48. The summed E-state index contributed by atoms with van der Waals surface area (Å²) in [6, 6.07) is 17.1. The van der Waals surface area contributed by atoms with E-state index in [1.807, 2.05) is 108 Å². The first-order chi connectivity index (χ1) is 29.8. The molecule has 4 aliphatic rings. The van der Waals surface area contributed by atoms with Crippen LogP contribution in [0.1, 0.15) is 81.1 Å². The monoisotopic (exact) mass is 877 g/mol. The number of Topliss-reactive ketones (excluding diaryl/α,β-unsaturated/α-hetero) is 1. The van der Waals surface area contributed by atoms with Crippen LogP contribution in [0.2, 0.25) is 0 Å². The number of amides is 1. The third-order valence-electron chi connectivity index (χ3n) is 13.7. The second kappa shape index (κ2) is 20.3. The second-order valence-corrected chi connectivity index (χ2v) is 18.7. The highest BCUT2D eigenvalue weighted by atomic mass is 16.7. The third kappa shape index (κ3) is 10.8. The molecule has 6 rings (SSSR count). The minimum Gasteiger partial charge on any atom is -0.458 e. The summed E-state index contributed by atoms with van der Waals surface area (Å²) in [4.78, 5) is 62.5. The van der Waals surface area contributed by atoms with E-state index in [4.69, 9.17) is 33.3 Å². The number of aliphatic hydroxyl groups excluding tert-OH is 1. The minimum absolute atomic E-state index is 0.00250. The Kier molecular flexibility index (Phi) is 15.5. The lowest BCUT2D eigenvalue weighted by Crippen LogP contribution is -2.60. The molecule has 0 aliphatic carbocycles. The number of esters is 2. The second-order valence-electron chi connectivity index (χ2n) is 18.7. The van der Waals surface area contributed by atoms with Crippen molar-refractivity contribution in [2.45, 2.75) is 135 Å². The molecule has 4 saturated heterocycles. The van der Waals surface area contributed by atoms with Gasteiger partial charge in [-0.25, -0.2) is 0 Å². The molecule has 2 aromatic carbocycles. The number of oxime groups is 1. The highest BCUT2D eigenvalue weighted by Gasteiger charge is 2.57. The van der Waals surface area contributed by atoms with E-state index in [-0.39, 0.29) is 49.7 Å². The van der Waals surface area contributed by atoms with Crippen molar-refractivity contribution in [2.75, 3.05) is 39.2 Å². The Morgan fingerprint density at radius 2 is 1.63 bits per heavy atom. The van der Waals surface area contributed by atoms with E-state index in [0.717, 1.165) is 11.1 Å². The predicted octanol–water partition coefficient (Wildman–Crippen LogP) is 5.81. The van der Waals surface area contributed by atoms with Gasteiger partial charge in [0, 0.05) is 35.4 Å². The number of carbonyl (C=O) groups is 4. The van der Waals surface area contributed by atoms with Gasteiger partial charge in [0.25, 0.3) is 5.91 Å². The van der Waals surface area contributed by atoms with Gasteiger partial charge >= 0.3 is 11.9 Å². The molecule has 15 heteroatoms. The van der Waals surface area contributed by atoms with Gasteiger partial charge in [0.1, 0.15) is 29.3 Å². The van der Waals surface area contributed by atoms with Gasteiger partial charge in [-0.05, 0) is 84.3 Å². The van der Waals surface area contributed by atoms with Crippen LogP contribution >= 0.6 is 0 Å². The van der Waals surface area contributed by atoms with E-state index in [9.17, 15) is 24.3 Å². The molecule has 346 valence electrons. The van der Waals surface area contributed by atoms with Gasteiger partial charge in [-0.1, -0.05) is 75.3 Å². The maximum absolute atomic E-state index is 14.6. The van der Waals surface area contributed by atoms with Crippen molar-refractivity contribution in [3.05, 3.63) is 54.6 Å². The Balaban J connectivity index is 1.32. The number of benzene rings is 2. The normalized spacial score (nSPS) is 37.5. The molecule has 14 atom stereocenters. The zero-order valence-electron chi connectivity index (χ0n) is 38.4. The molecule has 0 spiro atoms. The van der Waals surface area contributed by atoms with E-state index in [0.29, 0.717) is 18.5 Å². The Hall–Kier alpha value is -4.25. The zero-order chi connectivity index (χ0) is 45.8. The van der Waals surface area contributed by atoms with E-state index >= 15 is 0 Å². The minimum atomic E-state index is -1.30. The summed E-state index contributed by atoms with van der Waals surface area (Å²) in [5, 5.41) is 18.8. The van der Waals surface area contributed by atoms with Gasteiger partial charge < -0.3 is 48.6 Å². The van der Waals surface area contributed by atoms with Crippen molar-refractivity contribution >= 4 is 35.0 Å². The van der Waals surface area contributed by atoms with E-state index in [1.165, 1.54) is 0 Å². The molecule has 1 amide bonds. The first-order valence-electron chi connectivity index (χ1n) is 22.3. The highest BCUT2D eigenvalue weighted by Crippen LogP contribution is 2.46. The molecule has 0 saturated carbocycles. The Labute approximate surface area is 371 Å². The van der Waals surface area contributed by atoms with Crippen molar-refractivity contribution in [3.63, 3.8) is 0 Å². The van der Waals surface area contributed by atoms with Crippen LogP contribution in [0.25, 0.3) is 11.1 Å². The number of likely N-dealkylation sites (N-methyl/N-ethyl adjacent to an activating group) is 1. The predicted molar refractivity (Wildman–Crippen MR) is 234 cm³/mol. The molecule has 4 fully saturated rings. The summed E-state index contributed by atoms with van der Waals surface area (Å²) in [6.07, 6.45) is -4.04. The fourth-order valence-electron chi connectivity index (χ4n) is 10.2. The Morgan fingerprint density at radius 1 is 0.952 bits per heavy atom. The number of hydrogen-bond acceptors (Lipinski definition) is 14. The van der Waals surface area contributed by atoms with Crippen LogP contribution in [0.5, 0.6) is 0 Å². The number of fused-ring (bicyclic) bond motifs is 4. The van der Waals surface area contributed by atoms with Crippen LogP contribution in [-0.2, 0) is 52.4 Å². The number of carbonyl (C=O) groups excluding carboxylic acids is 4. The number of aliphatic hydroxyl groups is 1. The molecule has 4 aliphatic heterocycles. The number of ketones is 1. The summed E-state index contributed by atoms with van der Waals surface area (Å²) in [6.45, 7) is 13.9. The third-order valence-corrected chi connectivity index (χ3v) is 13.7. The van der Waals surface area contributed by atoms with Crippen molar-refractivity contribution in [1.29, 1.82) is 0 Å². The fraction of sp³-hybridized carbons (Fsp3) is 0.646. The summed E-state index contributed by atoms with van der Waals surface area (Å²) < 4.78 is 38.9. The van der Waals surface area contributed by atoms with Crippen LogP contribution in [0, 0.1) is 29.6 Å².